The van der Waals surface area contributed by atoms with Gasteiger partial charge in [-0.2, -0.15) is 5.10 Å². The van der Waals surface area contributed by atoms with Gasteiger partial charge in [0.2, 0.25) is 5.91 Å². The Morgan fingerprint density at radius 1 is 1.20 bits per heavy atom. The molecule has 0 bridgehead atoms. The maximum absolute atomic E-state index is 12.1. The fourth-order valence-electron chi connectivity index (χ4n) is 2.54. The molecule has 7 nitrogen and oxygen atoms in total. The number of nitrogens with zero attached hydrogens (tertiary/aromatic N) is 2. The Hall–Kier alpha value is -2.83. The van der Waals surface area contributed by atoms with Crippen LogP contribution in [0.15, 0.2) is 24.3 Å². The molecule has 1 aromatic heterocycles. The van der Waals surface area contributed by atoms with E-state index >= 15 is 0 Å². The fourth-order valence-corrected chi connectivity index (χ4v) is 2.54. The highest BCUT2D eigenvalue weighted by Gasteiger charge is 2.13. The molecule has 2 aromatic rings. The summed E-state index contributed by atoms with van der Waals surface area (Å²) < 4.78 is 6.87. The number of hydrogen-bond donors (Lipinski definition) is 2. The second-order valence-electron chi connectivity index (χ2n) is 5.79. The normalized spacial score (nSPS) is 10.4. The van der Waals surface area contributed by atoms with Gasteiger partial charge in [0.05, 0.1) is 19.2 Å². The number of aryl methyl sites for hydroxylation is 2. The van der Waals surface area contributed by atoms with Crippen LogP contribution in [0.4, 0.5) is 0 Å². The van der Waals surface area contributed by atoms with Crippen LogP contribution in [-0.4, -0.2) is 41.8 Å². The predicted octanol–water partition coefficient (Wildman–Crippen LogP) is 1.13. The lowest BCUT2D eigenvalue weighted by Gasteiger charge is -2.08. The van der Waals surface area contributed by atoms with Crippen molar-refractivity contribution in [1.29, 1.82) is 0 Å². The summed E-state index contributed by atoms with van der Waals surface area (Å²) in [4.78, 5) is 24.1. The van der Waals surface area contributed by atoms with Gasteiger partial charge in [-0.05, 0) is 32.0 Å². The molecule has 0 unspecified atom stereocenters. The highest BCUT2D eigenvalue weighted by Crippen LogP contribution is 2.13. The van der Waals surface area contributed by atoms with Crippen molar-refractivity contribution in [1.82, 2.24) is 20.4 Å². The molecule has 2 amide bonds. The van der Waals surface area contributed by atoms with Crippen LogP contribution in [0.2, 0.25) is 0 Å². The Morgan fingerprint density at radius 2 is 1.92 bits per heavy atom. The van der Waals surface area contributed by atoms with Gasteiger partial charge in [0.1, 0.15) is 5.75 Å². The first-order chi connectivity index (χ1) is 11.9. The SMILES string of the molecule is COc1cccc(C(=O)NCCNC(=O)Cc2c(C)nn(C)c2C)c1. The van der Waals surface area contributed by atoms with Gasteiger partial charge in [-0.15, -0.1) is 0 Å². The summed E-state index contributed by atoms with van der Waals surface area (Å²) in [5, 5.41) is 9.88. The molecule has 0 saturated carbocycles. The zero-order valence-corrected chi connectivity index (χ0v) is 15.0. The molecule has 2 N–H and O–H groups in total. The molecule has 25 heavy (non-hydrogen) atoms. The summed E-state index contributed by atoms with van der Waals surface area (Å²) in [5.41, 5.74) is 3.31. The zero-order valence-electron chi connectivity index (χ0n) is 15.0. The van der Waals surface area contributed by atoms with Crippen molar-refractivity contribution in [2.24, 2.45) is 7.05 Å². The van der Waals surface area contributed by atoms with Crippen LogP contribution in [-0.2, 0) is 18.3 Å². The molecule has 0 aliphatic rings. The maximum Gasteiger partial charge on any atom is 0.251 e. The van der Waals surface area contributed by atoms with Crippen LogP contribution < -0.4 is 15.4 Å². The third kappa shape index (κ3) is 4.82. The van der Waals surface area contributed by atoms with Crippen molar-refractivity contribution in [2.45, 2.75) is 20.3 Å². The minimum Gasteiger partial charge on any atom is -0.497 e. The summed E-state index contributed by atoms with van der Waals surface area (Å²) >= 11 is 0. The van der Waals surface area contributed by atoms with Crippen LogP contribution in [0.25, 0.3) is 0 Å². The average Bonchev–Trinajstić information content (AvgIpc) is 2.84. The maximum atomic E-state index is 12.1. The zero-order chi connectivity index (χ0) is 18.4. The van der Waals surface area contributed by atoms with E-state index in [2.05, 4.69) is 15.7 Å². The molecular weight excluding hydrogens is 320 g/mol. The number of amides is 2. The van der Waals surface area contributed by atoms with Crippen LogP contribution in [0.3, 0.4) is 0 Å². The molecular formula is C18H24N4O3. The minimum absolute atomic E-state index is 0.0881. The lowest BCUT2D eigenvalue weighted by Crippen LogP contribution is -2.35. The van der Waals surface area contributed by atoms with E-state index in [0.717, 1.165) is 17.0 Å². The van der Waals surface area contributed by atoms with Gasteiger partial charge < -0.3 is 15.4 Å². The standard InChI is InChI=1S/C18H24N4O3/c1-12-16(13(2)22(3)21-12)11-17(23)19-8-9-20-18(24)14-6-5-7-15(10-14)25-4/h5-7,10H,8-9,11H2,1-4H3,(H,19,23)(H,20,24). The molecule has 0 spiro atoms. The first kappa shape index (κ1) is 18.5. The van der Waals surface area contributed by atoms with E-state index in [1.54, 1.807) is 36.1 Å². The Morgan fingerprint density at radius 3 is 2.56 bits per heavy atom. The number of hydrogen-bond acceptors (Lipinski definition) is 4. The lowest BCUT2D eigenvalue weighted by molar-refractivity contribution is -0.120. The number of carbonyl (C=O) groups excluding carboxylic acids is 2. The van der Waals surface area contributed by atoms with Crippen molar-refractivity contribution in [3.63, 3.8) is 0 Å². The van der Waals surface area contributed by atoms with Crippen LogP contribution in [0, 0.1) is 13.8 Å². The Kier molecular flexibility index (Phi) is 6.16. The molecule has 0 atom stereocenters. The van der Waals surface area contributed by atoms with Gasteiger partial charge >= 0.3 is 0 Å². The molecule has 0 fully saturated rings. The van der Waals surface area contributed by atoms with Crippen LogP contribution in [0.1, 0.15) is 27.3 Å². The van der Waals surface area contributed by atoms with E-state index in [0.29, 0.717) is 24.4 Å². The quantitative estimate of drug-likeness (QED) is 0.738. The highest BCUT2D eigenvalue weighted by molar-refractivity contribution is 5.94. The topological polar surface area (TPSA) is 85.2 Å². The number of carbonyl (C=O) groups is 2. The second-order valence-corrected chi connectivity index (χ2v) is 5.79. The minimum atomic E-state index is -0.202. The monoisotopic (exact) mass is 344 g/mol. The third-order valence-corrected chi connectivity index (χ3v) is 4.06. The highest BCUT2D eigenvalue weighted by atomic mass is 16.5. The number of benzene rings is 1. The summed E-state index contributed by atoms with van der Waals surface area (Å²) in [6.45, 7) is 4.56. The average molecular weight is 344 g/mol. The second kappa shape index (κ2) is 8.32. The summed E-state index contributed by atoms with van der Waals surface area (Å²) in [6, 6.07) is 6.92. The van der Waals surface area contributed by atoms with Crippen molar-refractivity contribution in [2.75, 3.05) is 20.2 Å². The molecule has 0 aliphatic carbocycles. The number of rotatable bonds is 7. The van der Waals surface area contributed by atoms with Gasteiger partial charge in [-0.3, -0.25) is 14.3 Å². The summed E-state index contributed by atoms with van der Waals surface area (Å²) in [6.07, 6.45) is 0.287. The Balaban J connectivity index is 1.76. The Bertz CT molecular complexity index is 768. The largest absolute Gasteiger partial charge is 0.497 e. The lowest BCUT2D eigenvalue weighted by atomic mass is 10.1. The van der Waals surface area contributed by atoms with Gasteiger partial charge in [-0.1, -0.05) is 6.07 Å². The van der Waals surface area contributed by atoms with Crippen LogP contribution >= 0.6 is 0 Å². The van der Waals surface area contributed by atoms with E-state index in [1.807, 2.05) is 20.9 Å². The molecule has 0 saturated heterocycles. The summed E-state index contributed by atoms with van der Waals surface area (Å²) in [5.74, 6) is 0.338. The van der Waals surface area contributed by atoms with Gasteiger partial charge in [0.25, 0.3) is 5.91 Å². The number of nitrogens with one attached hydrogen (secondary N) is 2. The van der Waals surface area contributed by atoms with E-state index in [1.165, 1.54) is 0 Å². The number of aromatic nitrogens is 2. The predicted molar refractivity (Wildman–Crippen MR) is 94.7 cm³/mol. The first-order valence-electron chi connectivity index (χ1n) is 8.10. The number of methoxy groups -OCH3 is 1. The van der Waals surface area contributed by atoms with E-state index < -0.39 is 0 Å². The third-order valence-electron chi connectivity index (χ3n) is 4.06. The van der Waals surface area contributed by atoms with E-state index in [-0.39, 0.29) is 18.2 Å². The Labute approximate surface area is 147 Å². The van der Waals surface area contributed by atoms with Crippen LogP contribution in [0.5, 0.6) is 5.75 Å². The first-order valence-corrected chi connectivity index (χ1v) is 8.10. The van der Waals surface area contributed by atoms with Gasteiger partial charge in [0, 0.05) is 37.0 Å². The molecule has 1 aromatic carbocycles. The van der Waals surface area contributed by atoms with E-state index in [9.17, 15) is 9.59 Å². The molecule has 0 aliphatic heterocycles. The van der Waals surface area contributed by atoms with Gasteiger partial charge in [0.15, 0.2) is 0 Å². The van der Waals surface area contributed by atoms with Crippen molar-refractivity contribution >= 4 is 11.8 Å². The number of ether oxygens (including phenoxy) is 1. The molecule has 7 heteroatoms. The van der Waals surface area contributed by atoms with E-state index in [4.69, 9.17) is 4.74 Å². The fraction of sp³-hybridized carbons (Fsp3) is 0.389. The molecule has 1 heterocycles. The molecule has 2 rings (SSSR count). The summed E-state index contributed by atoms with van der Waals surface area (Å²) in [7, 11) is 3.41. The molecule has 134 valence electrons. The van der Waals surface area contributed by atoms with Gasteiger partial charge in [-0.25, -0.2) is 0 Å². The van der Waals surface area contributed by atoms with Crippen molar-refractivity contribution in [3.05, 3.63) is 46.8 Å². The van der Waals surface area contributed by atoms with Crippen molar-refractivity contribution in [3.8, 4) is 5.75 Å². The van der Waals surface area contributed by atoms with Crippen molar-refractivity contribution < 1.29 is 14.3 Å². The molecule has 0 radical (unpaired) electrons. The smallest absolute Gasteiger partial charge is 0.251 e.